The SMILES string of the molecule is CCNC(=O)CN1CCCN(C(=O)c2ccc(S(=O)(=O)NC(C)C)cc2)CC1. The van der Waals surface area contributed by atoms with Gasteiger partial charge in [0.2, 0.25) is 15.9 Å². The number of nitrogens with zero attached hydrogens (tertiary/aromatic N) is 2. The lowest BCUT2D eigenvalue weighted by Gasteiger charge is -2.22. The molecule has 0 saturated carbocycles. The van der Waals surface area contributed by atoms with E-state index >= 15 is 0 Å². The molecule has 1 aromatic carbocycles. The predicted molar refractivity (Wildman–Crippen MR) is 108 cm³/mol. The summed E-state index contributed by atoms with van der Waals surface area (Å²) in [5, 5.41) is 2.79. The highest BCUT2D eigenvalue weighted by atomic mass is 32.2. The summed E-state index contributed by atoms with van der Waals surface area (Å²) in [6.07, 6.45) is 0.788. The van der Waals surface area contributed by atoms with Crippen molar-refractivity contribution < 1.29 is 18.0 Å². The van der Waals surface area contributed by atoms with Gasteiger partial charge in [-0.2, -0.15) is 0 Å². The van der Waals surface area contributed by atoms with Crippen LogP contribution in [0.4, 0.5) is 0 Å². The van der Waals surface area contributed by atoms with Crippen molar-refractivity contribution in [3.05, 3.63) is 29.8 Å². The highest BCUT2D eigenvalue weighted by Gasteiger charge is 2.22. The zero-order valence-corrected chi connectivity index (χ0v) is 17.6. The van der Waals surface area contributed by atoms with Crippen LogP contribution in [0.25, 0.3) is 0 Å². The van der Waals surface area contributed by atoms with Crippen molar-refractivity contribution in [3.63, 3.8) is 0 Å². The van der Waals surface area contributed by atoms with Crippen molar-refractivity contribution in [2.45, 2.75) is 38.1 Å². The van der Waals surface area contributed by atoms with E-state index in [1.165, 1.54) is 12.1 Å². The largest absolute Gasteiger partial charge is 0.355 e. The summed E-state index contributed by atoms with van der Waals surface area (Å²) >= 11 is 0. The zero-order valence-electron chi connectivity index (χ0n) is 16.8. The van der Waals surface area contributed by atoms with Crippen LogP contribution in [0.2, 0.25) is 0 Å². The van der Waals surface area contributed by atoms with E-state index in [1.807, 2.05) is 11.8 Å². The van der Waals surface area contributed by atoms with Gasteiger partial charge in [0.1, 0.15) is 0 Å². The van der Waals surface area contributed by atoms with Crippen molar-refractivity contribution in [2.75, 3.05) is 39.3 Å². The fraction of sp³-hybridized carbons (Fsp3) is 0.579. The molecule has 0 unspecified atom stereocenters. The van der Waals surface area contributed by atoms with Crippen LogP contribution in [0, 0.1) is 0 Å². The molecule has 8 nitrogen and oxygen atoms in total. The van der Waals surface area contributed by atoms with Crippen molar-refractivity contribution in [3.8, 4) is 0 Å². The Bertz CT molecular complexity index is 778. The molecule has 0 atom stereocenters. The molecule has 1 aromatic rings. The van der Waals surface area contributed by atoms with Crippen molar-refractivity contribution in [1.29, 1.82) is 0 Å². The first-order chi connectivity index (χ1) is 13.2. The number of benzene rings is 1. The maximum absolute atomic E-state index is 12.8. The number of carbonyl (C=O) groups is 2. The zero-order chi connectivity index (χ0) is 20.7. The quantitative estimate of drug-likeness (QED) is 0.688. The molecule has 0 aromatic heterocycles. The summed E-state index contributed by atoms with van der Waals surface area (Å²) in [6.45, 7) is 8.88. The van der Waals surface area contributed by atoms with Crippen LogP contribution < -0.4 is 10.0 Å². The van der Waals surface area contributed by atoms with Crippen LogP contribution in [-0.2, 0) is 14.8 Å². The molecule has 2 rings (SSSR count). The molecule has 9 heteroatoms. The molecule has 1 fully saturated rings. The van der Waals surface area contributed by atoms with Gasteiger partial charge in [-0.25, -0.2) is 13.1 Å². The summed E-state index contributed by atoms with van der Waals surface area (Å²) in [7, 11) is -3.58. The van der Waals surface area contributed by atoms with Gasteiger partial charge in [-0.1, -0.05) is 0 Å². The van der Waals surface area contributed by atoms with Gasteiger partial charge < -0.3 is 10.2 Å². The smallest absolute Gasteiger partial charge is 0.253 e. The Morgan fingerprint density at radius 1 is 1.07 bits per heavy atom. The number of rotatable bonds is 7. The number of sulfonamides is 1. The second-order valence-electron chi connectivity index (χ2n) is 7.18. The molecular formula is C19H30N4O4S. The Labute approximate surface area is 167 Å². The fourth-order valence-corrected chi connectivity index (χ4v) is 4.38. The van der Waals surface area contributed by atoms with E-state index < -0.39 is 10.0 Å². The first kappa shape index (κ1) is 22.3. The Hall–Kier alpha value is -1.97. The van der Waals surface area contributed by atoms with E-state index in [1.54, 1.807) is 30.9 Å². The highest BCUT2D eigenvalue weighted by molar-refractivity contribution is 7.89. The maximum atomic E-state index is 12.8. The number of nitrogens with one attached hydrogen (secondary N) is 2. The van der Waals surface area contributed by atoms with Crippen LogP contribution in [0.5, 0.6) is 0 Å². The van der Waals surface area contributed by atoms with Crippen molar-refractivity contribution in [1.82, 2.24) is 19.8 Å². The average molecular weight is 411 g/mol. The van der Waals surface area contributed by atoms with E-state index in [9.17, 15) is 18.0 Å². The summed E-state index contributed by atoms with van der Waals surface area (Å²) in [4.78, 5) is 28.5. The first-order valence-electron chi connectivity index (χ1n) is 9.63. The Kier molecular flexibility index (Phi) is 7.97. The van der Waals surface area contributed by atoms with Gasteiger partial charge in [-0.15, -0.1) is 0 Å². The van der Waals surface area contributed by atoms with E-state index in [2.05, 4.69) is 10.0 Å². The van der Waals surface area contributed by atoms with E-state index in [0.717, 1.165) is 13.0 Å². The number of likely N-dealkylation sites (N-methyl/N-ethyl adjacent to an activating group) is 1. The number of hydrogen-bond acceptors (Lipinski definition) is 5. The van der Waals surface area contributed by atoms with Gasteiger partial charge >= 0.3 is 0 Å². The minimum Gasteiger partial charge on any atom is -0.355 e. The molecule has 0 bridgehead atoms. The summed E-state index contributed by atoms with van der Waals surface area (Å²) in [5.74, 6) is -0.130. The topological polar surface area (TPSA) is 98.8 Å². The van der Waals surface area contributed by atoms with Gasteiger partial charge in [0, 0.05) is 44.3 Å². The standard InChI is InChI=1S/C19H30N4O4S/c1-4-20-18(24)14-22-10-5-11-23(13-12-22)19(25)16-6-8-17(9-7-16)28(26,27)21-15(2)3/h6-9,15,21H,4-5,10-14H2,1-3H3,(H,20,24). The minimum atomic E-state index is -3.58. The van der Waals surface area contributed by atoms with E-state index in [0.29, 0.717) is 38.3 Å². The van der Waals surface area contributed by atoms with Gasteiger partial charge in [-0.3, -0.25) is 14.5 Å². The third kappa shape index (κ3) is 6.29. The summed E-state index contributed by atoms with van der Waals surface area (Å²) in [6, 6.07) is 5.81. The fourth-order valence-electron chi connectivity index (χ4n) is 3.13. The average Bonchev–Trinajstić information content (AvgIpc) is 2.86. The molecule has 0 radical (unpaired) electrons. The molecular weight excluding hydrogens is 380 g/mol. The van der Waals surface area contributed by atoms with E-state index in [-0.39, 0.29) is 22.8 Å². The molecule has 156 valence electrons. The molecule has 1 saturated heterocycles. The van der Waals surface area contributed by atoms with Crippen LogP contribution in [0.15, 0.2) is 29.2 Å². The summed E-state index contributed by atoms with van der Waals surface area (Å²) < 4.78 is 26.9. The molecule has 0 spiro atoms. The van der Waals surface area contributed by atoms with Crippen LogP contribution in [0.1, 0.15) is 37.6 Å². The van der Waals surface area contributed by atoms with E-state index in [4.69, 9.17) is 0 Å². The molecule has 2 N–H and O–H groups in total. The third-order valence-corrected chi connectivity index (χ3v) is 6.09. The Morgan fingerprint density at radius 3 is 2.36 bits per heavy atom. The molecule has 1 heterocycles. The lowest BCUT2D eigenvalue weighted by molar-refractivity contribution is -0.122. The number of amides is 2. The molecule has 2 amide bonds. The minimum absolute atomic E-state index is 0.00548. The second kappa shape index (κ2) is 9.99. The van der Waals surface area contributed by atoms with Crippen LogP contribution in [-0.4, -0.2) is 75.3 Å². The maximum Gasteiger partial charge on any atom is 0.253 e. The van der Waals surface area contributed by atoms with Gasteiger partial charge in [-0.05, 0) is 51.5 Å². The summed E-state index contributed by atoms with van der Waals surface area (Å²) in [5.41, 5.74) is 0.459. The Morgan fingerprint density at radius 2 is 1.75 bits per heavy atom. The van der Waals surface area contributed by atoms with Crippen LogP contribution >= 0.6 is 0 Å². The van der Waals surface area contributed by atoms with Crippen LogP contribution in [0.3, 0.4) is 0 Å². The molecule has 28 heavy (non-hydrogen) atoms. The normalized spacial score (nSPS) is 16.1. The number of carbonyl (C=O) groups excluding carboxylic acids is 2. The third-order valence-electron chi connectivity index (χ3n) is 4.42. The lowest BCUT2D eigenvalue weighted by Crippen LogP contribution is -2.40. The Balaban J connectivity index is 1.99. The first-order valence-corrected chi connectivity index (χ1v) is 11.1. The van der Waals surface area contributed by atoms with Gasteiger partial charge in [0.15, 0.2) is 0 Å². The predicted octanol–water partition coefficient (Wildman–Crippen LogP) is 0.657. The second-order valence-corrected chi connectivity index (χ2v) is 8.89. The van der Waals surface area contributed by atoms with Gasteiger partial charge in [0.05, 0.1) is 11.4 Å². The monoisotopic (exact) mass is 410 g/mol. The molecule has 1 aliphatic rings. The molecule has 1 aliphatic heterocycles. The molecule has 0 aliphatic carbocycles. The van der Waals surface area contributed by atoms with Crippen molar-refractivity contribution >= 4 is 21.8 Å². The van der Waals surface area contributed by atoms with Gasteiger partial charge in [0.25, 0.3) is 5.91 Å². The highest BCUT2D eigenvalue weighted by Crippen LogP contribution is 2.14. The van der Waals surface area contributed by atoms with Crippen molar-refractivity contribution in [2.24, 2.45) is 0 Å². The number of hydrogen-bond donors (Lipinski definition) is 2. The lowest BCUT2D eigenvalue weighted by atomic mass is 10.2.